The number of halogens is 1. The van der Waals surface area contributed by atoms with Gasteiger partial charge in [-0.1, -0.05) is 0 Å². The molecular formula is C15H23IN6OS. The fourth-order valence-electron chi connectivity index (χ4n) is 2.67. The molecule has 0 aromatic carbocycles. The number of nitrogens with zero attached hydrogens (tertiary/aromatic N) is 5. The van der Waals surface area contributed by atoms with E-state index in [0.29, 0.717) is 6.54 Å². The Kier molecular flexibility index (Phi) is 6.84. The van der Waals surface area contributed by atoms with Crippen LogP contribution in [0.15, 0.2) is 22.8 Å². The largest absolute Gasteiger partial charge is 0.357 e. The van der Waals surface area contributed by atoms with E-state index >= 15 is 0 Å². The molecule has 24 heavy (non-hydrogen) atoms. The molecule has 0 aliphatic carbocycles. The molecule has 3 heterocycles. The molecule has 0 saturated carbocycles. The lowest BCUT2D eigenvalue weighted by Gasteiger charge is -2.36. The van der Waals surface area contributed by atoms with Gasteiger partial charge < -0.3 is 15.1 Å². The fraction of sp³-hybridized carbons (Fsp3) is 0.533. The topological polar surface area (TPSA) is 65.2 Å². The van der Waals surface area contributed by atoms with Gasteiger partial charge in [-0.15, -0.1) is 35.3 Å². The van der Waals surface area contributed by atoms with Crippen LogP contribution in [-0.4, -0.2) is 63.8 Å². The number of guanidine groups is 1. The molecule has 0 radical (unpaired) electrons. The summed E-state index contributed by atoms with van der Waals surface area (Å²) in [7, 11) is 0. The molecule has 2 aromatic rings. The zero-order valence-corrected chi connectivity index (χ0v) is 17.1. The highest BCUT2D eigenvalue weighted by atomic mass is 127. The smallest absolute Gasteiger partial charge is 0.219 e. The minimum absolute atomic E-state index is 0. The minimum Gasteiger partial charge on any atom is -0.357 e. The zero-order valence-electron chi connectivity index (χ0n) is 13.9. The number of amides is 1. The van der Waals surface area contributed by atoms with E-state index < -0.39 is 0 Å². The Hall–Kier alpha value is -1.36. The number of fused-ring (bicyclic) bond motifs is 1. The normalized spacial score (nSPS) is 15.5. The Morgan fingerprint density at radius 2 is 2.04 bits per heavy atom. The first-order valence-corrected chi connectivity index (χ1v) is 8.75. The van der Waals surface area contributed by atoms with Crippen molar-refractivity contribution in [1.29, 1.82) is 0 Å². The number of aliphatic imine (C=N–C) groups is 1. The van der Waals surface area contributed by atoms with Crippen LogP contribution in [-0.2, 0) is 11.3 Å². The standard InChI is InChI=1S/C15H22N6OS.HI/c1-3-16-14(20-6-4-19(5-7-20)12(2)22)17-10-13-11-21-8-9-23-15(21)18-13;/h8-9,11H,3-7,10H2,1-2H3,(H,16,17);1H. The second-order valence-electron chi connectivity index (χ2n) is 5.49. The van der Waals surface area contributed by atoms with Gasteiger partial charge in [-0.3, -0.25) is 9.20 Å². The number of carbonyl (C=O) groups excluding carboxylic acids is 1. The monoisotopic (exact) mass is 462 g/mol. The average molecular weight is 462 g/mol. The summed E-state index contributed by atoms with van der Waals surface area (Å²) in [6.45, 7) is 8.19. The SMILES string of the molecule is CCNC(=NCc1cn2ccsc2n1)N1CCN(C(C)=O)CC1.I. The van der Waals surface area contributed by atoms with Crippen molar-refractivity contribution in [3.05, 3.63) is 23.5 Å². The summed E-state index contributed by atoms with van der Waals surface area (Å²) in [5.74, 6) is 1.04. The van der Waals surface area contributed by atoms with Crippen LogP contribution in [0, 0.1) is 0 Å². The fourth-order valence-corrected chi connectivity index (χ4v) is 3.39. The molecule has 1 amide bonds. The van der Waals surface area contributed by atoms with Gasteiger partial charge in [0.25, 0.3) is 0 Å². The summed E-state index contributed by atoms with van der Waals surface area (Å²) in [4.78, 5) is 25.8. The first-order valence-electron chi connectivity index (χ1n) is 7.87. The molecular weight excluding hydrogens is 439 g/mol. The van der Waals surface area contributed by atoms with E-state index in [-0.39, 0.29) is 29.9 Å². The van der Waals surface area contributed by atoms with Gasteiger partial charge in [0, 0.05) is 57.4 Å². The number of nitrogens with one attached hydrogen (secondary N) is 1. The highest BCUT2D eigenvalue weighted by Crippen LogP contribution is 2.12. The highest BCUT2D eigenvalue weighted by Gasteiger charge is 2.20. The van der Waals surface area contributed by atoms with Crippen LogP contribution in [0.2, 0.25) is 0 Å². The zero-order chi connectivity index (χ0) is 16.2. The number of hydrogen-bond donors (Lipinski definition) is 1. The maximum absolute atomic E-state index is 11.4. The maximum Gasteiger partial charge on any atom is 0.219 e. The summed E-state index contributed by atoms with van der Waals surface area (Å²) in [6.07, 6.45) is 4.03. The molecule has 1 fully saturated rings. The molecule has 0 unspecified atom stereocenters. The lowest BCUT2D eigenvalue weighted by atomic mass is 10.3. The Labute approximate surface area is 162 Å². The molecule has 1 saturated heterocycles. The molecule has 9 heteroatoms. The van der Waals surface area contributed by atoms with Gasteiger partial charge in [-0.05, 0) is 6.92 Å². The van der Waals surface area contributed by atoms with Gasteiger partial charge >= 0.3 is 0 Å². The second kappa shape index (κ2) is 8.65. The number of aromatic nitrogens is 2. The van der Waals surface area contributed by atoms with Gasteiger partial charge in [-0.2, -0.15) is 0 Å². The van der Waals surface area contributed by atoms with E-state index in [4.69, 9.17) is 4.99 Å². The van der Waals surface area contributed by atoms with Gasteiger partial charge in [0.1, 0.15) is 0 Å². The lowest BCUT2D eigenvalue weighted by Crippen LogP contribution is -2.53. The molecule has 132 valence electrons. The van der Waals surface area contributed by atoms with E-state index in [2.05, 4.69) is 22.1 Å². The summed E-state index contributed by atoms with van der Waals surface area (Å²) in [5.41, 5.74) is 0.967. The highest BCUT2D eigenvalue weighted by molar-refractivity contribution is 14.0. The number of piperazine rings is 1. The number of imidazole rings is 1. The van der Waals surface area contributed by atoms with Gasteiger partial charge in [-0.25, -0.2) is 9.98 Å². The average Bonchev–Trinajstić information content (AvgIpc) is 3.13. The number of thiazole rings is 1. The molecule has 0 spiro atoms. The third-order valence-electron chi connectivity index (χ3n) is 3.89. The summed E-state index contributed by atoms with van der Waals surface area (Å²) >= 11 is 1.62. The first kappa shape index (κ1) is 19.0. The number of hydrogen-bond acceptors (Lipinski definition) is 4. The van der Waals surface area contributed by atoms with Crippen molar-refractivity contribution in [3.63, 3.8) is 0 Å². The Bertz CT molecular complexity index is 675. The van der Waals surface area contributed by atoms with Crippen molar-refractivity contribution in [1.82, 2.24) is 24.5 Å². The van der Waals surface area contributed by atoms with E-state index in [1.807, 2.05) is 27.1 Å². The predicted octanol–water partition coefficient (Wildman–Crippen LogP) is 1.64. The van der Waals surface area contributed by atoms with Crippen LogP contribution < -0.4 is 5.32 Å². The quantitative estimate of drug-likeness (QED) is 0.428. The van der Waals surface area contributed by atoms with Gasteiger partial charge in [0.05, 0.1) is 12.2 Å². The third kappa shape index (κ3) is 4.38. The van der Waals surface area contributed by atoms with Crippen LogP contribution >= 0.6 is 35.3 Å². The molecule has 7 nitrogen and oxygen atoms in total. The predicted molar refractivity (Wildman–Crippen MR) is 107 cm³/mol. The number of rotatable bonds is 3. The van der Waals surface area contributed by atoms with Crippen molar-refractivity contribution >= 4 is 52.1 Å². The van der Waals surface area contributed by atoms with Gasteiger partial charge in [0.15, 0.2) is 10.9 Å². The van der Waals surface area contributed by atoms with Crippen molar-refractivity contribution < 1.29 is 4.79 Å². The maximum atomic E-state index is 11.4. The molecule has 1 N–H and O–H groups in total. The summed E-state index contributed by atoms with van der Waals surface area (Å²) in [6, 6.07) is 0. The third-order valence-corrected chi connectivity index (χ3v) is 4.66. The molecule has 1 aliphatic heterocycles. The molecule has 1 aliphatic rings. The molecule has 3 rings (SSSR count). The van der Waals surface area contributed by atoms with Crippen LogP contribution in [0.5, 0.6) is 0 Å². The van der Waals surface area contributed by atoms with Crippen LogP contribution in [0.1, 0.15) is 19.5 Å². The Morgan fingerprint density at radius 1 is 1.33 bits per heavy atom. The Balaban J connectivity index is 0.00000208. The van der Waals surface area contributed by atoms with E-state index in [9.17, 15) is 4.79 Å². The van der Waals surface area contributed by atoms with E-state index in [0.717, 1.165) is 49.3 Å². The van der Waals surface area contributed by atoms with Gasteiger partial charge in [0.2, 0.25) is 5.91 Å². The summed E-state index contributed by atoms with van der Waals surface area (Å²) in [5, 5.41) is 5.36. The van der Waals surface area contributed by atoms with Crippen LogP contribution in [0.4, 0.5) is 0 Å². The van der Waals surface area contributed by atoms with Crippen LogP contribution in [0.25, 0.3) is 4.96 Å². The lowest BCUT2D eigenvalue weighted by molar-refractivity contribution is -0.130. The first-order chi connectivity index (χ1) is 11.2. The molecule has 0 bridgehead atoms. The number of carbonyl (C=O) groups is 1. The van der Waals surface area contributed by atoms with E-state index in [1.54, 1.807) is 18.3 Å². The van der Waals surface area contributed by atoms with Crippen molar-refractivity contribution in [2.45, 2.75) is 20.4 Å². The van der Waals surface area contributed by atoms with Crippen LogP contribution in [0.3, 0.4) is 0 Å². The van der Waals surface area contributed by atoms with Crippen molar-refractivity contribution in [2.75, 3.05) is 32.7 Å². The van der Waals surface area contributed by atoms with E-state index in [1.165, 1.54) is 0 Å². The van der Waals surface area contributed by atoms with Crippen molar-refractivity contribution in [3.8, 4) is 0 Å². The summed E-state index contributed by atoms with van der Waals surface area (Å²) < 4.78 is 2.02. The molecule has 2 aromatic heterocycles. The van der Waals surface area contributed by atoms with Crippen molar-refractivity contribution in [2.24, 2.45) is 4.99 Å². The Morgan fingerprint density at radius 3 is 2.67 bits per heavy atom. The minimum atomic E-state index is 0. The molecule has 0 atom stereocenters. The second-order valence-corrected chi connectivity index (χ2v) is 6.36.